The van der Waals surface area contributed by atoms with Gasteiger partial charge in [-0.15, -0.1) is 11.3 Å². The van der Waals surface area contributed by atoms with E-state index >= 15 is 0 Å². The molecule has 0 atom stereocenters. The van der Waals surface area contributed by atoms with Crippen molar-refractivity contribution in [1.29, 1.82) is 0 Å². The molecule has 0 amide bonds. The van der Waals surface area contributed by atoms with Gasteiger partial charge in [-0.1, -0.05) is 19.1 Å². The molecule has 130 valence electrons. The van der Waals surface area contributed by atoms with Crippen molar-refractivity contribution in [2.75, 3.05) is 13.1 Å². The van der Waals surface area contributed by atoms with Crippen LogP contribution in [0.3, 0.4) is 0 Å². The normalized spacial score (nSPS) is 11.6. The lowest BCUT2D eigenvalue weighted by molar-refractivity contribution is 0.616. The lowest BCUT2D eigenvalue weighted by atomic mass is 10.1. The third kappa shape index (κ3) is 5.60. The quantitative estimate of drug-likeness (QED) is 0.595. The number of nitrogens with zero attached hydrogens (tertiary/aromatic N) is 2. The molecule has 2 N–H and O–H groups in total. The number of rotatable bonds is 7. The number of benzene rings is 1. The first-order valence-electron chi connectivity index (χ1n) is 8.32. The van der Waals surface area contributed by atoms with Crippen molar-refractivity contribution >= 4 is 17.3 Å². The van der Waals surface area contributed by atoms with Gasteiger partial charge in [0.15, 0.2) is 5.96 Å². The number of aromatic nitrogens is 1. The highest BCUT2D eigenvalue weighted by molar-refractivity contribution is 7.09. The minimum absolute atomic E-state index is 0.184. The van der Waals surface area contributed by atoms with E-state index in [0.717, 1.165) is 43.1 Å². The summed E-state index contributed by atoms with van der Waals surface area (Å²) in [7, 11) is 0. The monoisotopic (exact) mass is 348 g/mol. The number of nitrogens with one attached hydrogen (secondary N) is 2. The molecular weight excluding hydrogens is 323 g/mol. The van der Waals surface area contributed by atoms with Crippen molar-refractivity contribution in [3.63, 3.8) is 0 Å². The van der Waals surface area contributed by atoms with E-state index in [1.165, 1.54) is 5.01 Å². The summed E-state index contributed by atoms with van der Waals surface area (Å²) in [6.07, 6.45) is 1.84. The fraction of sp³-hybridized carbons (Fsp3) is 0.444. The Morgan fingerprint density at radius 3 is 2.79 bits per heavy atom. The zero-order valence-electron chi connectivity index (χ0n) is 14.5. The minimum Gasteiger partial charge on any atom is -0.357 e. The van der Waals surface area contributed by atoms with Crippen LogP contribution in [0.25, 0.3) is 0 Å². The third-order valence-electron chi connectivity index (χ3n) is 3.58. The molecule has 6 heteroatoms. The molecule has 1 aromatic carbocycles. The maximum atomic E-state index is 13.6. The maximum absolute atomic E-state index is 13.6. The van der Waals surface area contributed by atoms with Crippen LogP contribution in [-0.4, -0.2) is 24.0 Å². The number of hydrogen-bond acceptors (Lipinski definition) is 3. The van der Waals surface area contributed by atoms with Crippen LogP contribution < -0.4 is 10.6 Å². The largest absolute Gasteiger partial charge is 0.357 e. The molecule has 0 aliphatic rings. The van der Waals surface area contributed by atoms with E-state index in [0.29, 0.717) is 12.1 Å². The predicted octanol–water partition coefficient (Wildman–Crippen LogP) is 3.45. The molecule has 0 saturated heterocycles. The second kappa shape index (κ2) is 9.37. The molecule has 24 heavy (non-hydrogen) atoms. The van der Waals surface area contributed by atoms with Crippen LogP contribution in [0.4, 0.5) is 4.39 Å². The highest BCUT2D eigenvalue weighted by atomic mass is 32.1. The molecular formula is C18H25FN4S. The minimum atomic E-state index is -0.184. The second-order valence-corrected chi connectivity index (χ2v) is 6.48. The van der Waals surface area contributed by atoms with Gasteiger partial charge >= 0.3 is 0 Å². The summed E-state index contributed by atoms with van der Waals surface area (Å²) in [5, 5.41) is 9.80. The molecule has 0 aliphatic heterocycles. The van der Waals surface area contributed by atoms with E-state index in [9.17, 15) is 4.39 Å². The number of halogens is 1. The first kappa shape index (κ1) is 18.4. The Morgan fingerprint density at radius 1 is 1.29 bits per heavy atom. The average Bonchev–Trinajstić information content (AvgIpc) is 3.03. The van der Waals surface area contributed by atoms with Gasteiger partial charge in [-0.2, -0.15) is 0 Å². The summed E-state index contributed by atoms with van der Waals surface area (Å²) < 4.78 is 13.6. The molecule has 4 nitrogen and oxygen atoms in total. The standard InChI is InChI=1S/C18H25FN4S/c1-4-17-23-15(12-24-17)8-9-21-18(20-5-2)22-11-14-7-6-13(3)16(19)10-14/h6-7,10,12H,4-5,8-9,11H2,1-3H3,(H2,20,21,22). The molecule has 2 aromatic rings. The van der Waals surface area contributed by atoms with Crippen molar-refractivity contribution in [2.24, 2.45) is 4.99 Å². The molecule has 0 radical (unpaired) electrons. The van der Waals surface area contributed by atoms with Crippen molar-refractivity contribution in [2.45, 2.75) is 40.2 Å². The van der Waals surface area contributed by atoms with Crippen LogP contribution in [0.5, 0.6) is 0 Å². The summed E-state index contributed by atoms with van der Waals surface area (Å²) in [6, 6.07) is 5.24. The Bertz CT molecular complexity index is 681. The Kier molecular flexibility index (Phi) is 7.18. The Balaban J connectivity index is 1.88. The van der Waals surface area contributed by atoms with E-state index in [1.54, 1.807) is 30.4 Å². The van der Waals surface area contributed by atoms with Gasteiger partial charge in [0.05, 0.1) is 17.2 Å². The van der Waals surface area contributed by atoms with E-state index in [4.69, 9.17) is 0 Å². The van der Waals surface area contributed by atoms with Crippen molar-refractivity contribution in [1.82, 2.24) is 15.6 Å². The van der Waals surface area contributed by atoms with Crippen LogP contribution in [0, 0.1) is 12.7 Å². The third-order valence-corrected chi connectivity index (χ3v) is 4.62. The van der Waals surface area contributed by atoms with Crippen LogP contribution in [0.15, 0.2) is 28.6 Å². The van der Waals surface area contributed by atoms with Gasteiger partial charge < -0.3 is 10.6 Å². The Morgan fingerprint density at radius 2 is 2.12 bits per heavy atom. The maximum Gasteiger partial charge on any atom is 0.191 e. The number of aliphatic imine (C=N–C) groups is 1. The molecule has 0 saturated carbocycles. The predicted molar refractivity (Wildman–Crippen MR) is 99.2 cm³/mol. The summed E-state index contributed by atoms with van der Waals surface area (Å²) in [5.41, 5.74) is 2.63. The van der Waals surface area contributed by atoms with E-state index in [-0.39, 0.29) is 5.82 Å². The zero-order chi connectivity index (χ0) is 17.4. The first-order valence-corrected chi connectivity index (χ1v) is 9.20. The van der Waals surface area contributed by atoms with Crippen LogP contribution in [0.2, 0.25) is 0 Å². The zero-order valence-corrected chi connectivity index (χ0v) is 15.3. The lowest BCUT2D eigenvalue weighted by Crippen LogP contribution is -2.38. The fourth-order valence-corrected chi connectivity index (χ4v) is 2.96. The van der Waals surface area contributed by atoms with Gasteiger partial charge in [-0.05, 0) is 37.5 Å². The second-order valence-electron chi connectivity index (χ2n) is 5.54. The highest BCUT2D eigenvalue weighted by Crippen LogP contribution is 2.11. The van der Waals surface area contributed by atoms with Gasteiger partial charge in [0.2, 0.25) is 0 Å². The average molecular weight is 348 g/mol. The Labute approximate surface area is 147 Å². The molecule has 0 spiro atoms. The first-order chi connectivity index (χ1) is 11.6. The van der Waals surface area contributed by atoms with Crippen molar-refractivity contribution in [3.05, 3.63) is 51.2 Å². The summed E-state index contributed by atoms with van der Waals surface area (Å²) >= 11 is 1.71. The summed E-state index contributed by atoms with van der Waals surface area (Å²) in [4.78, 5) is 9.08. The molecule has 0 fully saturated rings. The van der Waals surface area contributed by atoms with Crippen LogP contribution in [-0.2, 0) is 19.4 Å². The molecule has 0 bridgehead atoms. The fourth-order valence-electron chi connectivity index (χ4n) is 2.18. The molecule has 0 unspecified atom stereocenters. The van der Waals surface area contributed by atoms with E-state index < -0.39 is 0 Å². The van der Waals surface area contributed by atoms with E-state index in [2.05, 4.69) is 32.9 Å². The molecule has 0 aliphatic carbocycles. The molecule has 1 heterocycles. The number of hydrogen-bond donors (Lipinski definition) is 2. The van der Waals surface area contributed by atoms with Gasteiger partial charge in [0.25, 0.3) is 0 Å². The SMILES string of the molecule is CCNC(=NCc1ccc(C)c(F)c1)NCCc1csc(CC)n1. The Hall–Kier alpha value is -1.95. The summed E-state index contributed by atoms with van der Waals surface area (Å²) in [6.45, 7) is 7.90. The van der Waals surface area contributed by atoms with E-state index in [1.807, 2.05) is 13.0 Å². The van der Waals surface area contributed by atoms with Gasteiger partial charge in [-0.3, -0.25) is 0 Å². The topological polar surface area (TPSA) is 49.3 Å². The number of thiazole rings is 1. The molecule has 2 rings (SSSR count). The van der Waals surface area contributed by atoms with Crippen molar-refractivity contribution in [3.8, 4) is 0 Å². The highest BCUT2D eigenvalue weighted by Gasteiger charge is 2.03. The number of aryl methyl sites for hydroxylation is 2. The van der Waals surface area contributed by atoms with Gasteiger partial charge in [0.1, 0.15) is 5.82 Å². The smallest absolute Gasteiger partial charge is 0.191 e. The summed E-state index contributed by atoms with van der Waals surface area (Å²) in [5.74, 6) is 0.556. The van der Waals surface area contributed by atoms with Gasteiger partial charge in [-0.25, -0.2) is 14.4 Å². The van der Waals surface area contributed by atoms with Crippen LogP contribution in [0.1, 0.15) is 35.7 Å². The molecule has 1 aromatic heterocycles. The van der Waals surface area contributed by atoms with Gasteiger partial charge in [0, 0.05) is 24.9 Å². The van der Waals surface area contributed by atoms with Crippen molar-refractivity contribution < 1.29 is 4.39 Å². The lowest BCUT2D eigenvalue weighted by Gasteiger charge is -2.11. The number of guanidine groups is 1. The van der Waals surface area contributed by atoms with Crippen LogP contribution >= 0.6 is 11.3 Å².